The van der Waals surface area contributed by atoms with Gasteiger partial charge < -0.3 is 63.2 Å². The molecule has 17 nitrogen and oxygen atoms in total. The third-order valence-corrected chi connectivity index (χ3v) is 21.2. The van der Waals surface area contributed by atoms with E-state index < -0.39 is 5.97 Å². The number of fused-ring (bicyclic) bond motifs is 12. The minimum absolute atomic E-state index is 0.0213. The van der Waals surface area contributed by atoms with E-state index in [-0.39, 0.29) is 61.8 Å². The fourth-order valence-corrected chi connectivity index (χ4v) is 15.9. The second-order valence-electron chi connectivity index (χ2n) is 27.0. The maximum atomic E-state index is 13.6. The highest BCUT2D eigenvalue weighted by molar-refractivity contribution is 9.10. The fraction of sp³-hybridized carbons (Fsp3) is 0.146. The van der Waals surface area contributed by atoms with E-state index in [1.165, 1.54) is 50.5 Å². The molecule has 530 valence electrons. The van der Waals surface area contributed by atoms with Gasteiger partial charge in [0, 0.05) is 92.1 Å². The van der Waals surface area contributed by atoms with E-state index in [1.807, 2.05) is 148 Å². The Morgan fingerprint density at radius 1 is 0.402 bits per heavy atom. The molecule has 18 heteroatoms. The van der Waals surface area contributed by atoms with Gasteiger partial charge in [0.2, 0.25) is 38.1 Å². The average molecular weight is 1480 g/mol. The first-order chi connectivity index (χ1) is 52.4. The summed E-state index contributed by atoms with van der Waals surface area (Å²) in [5.74, 6) is 3.12. The summed E-state index contributed by atoms with van der Waals surface area (Å²) >= 11 is 3.57. The highest BCUT2D eigenvalue weighted by Crippen LogP contribution is 2.47. The molecule has 0 aliphatic carbocycles. The molecule has 6 aliphatic rings. The molecule has 3 amide bonds. The Hall–Kier alpha value is -12.8. The Morgan fingerprint density at radius 3 is 1.28 bits per heavy atom. The van der Waals surface area contributed by atoms with Gasteiger partial charge in [0.05, 0.1) is 23.7 Å². The van der Waals surface area contributed by atoms with Crippen molar-refractivity contribution < 1.29 is 52.7 Å². The third-order valence-electron chi connectivity index (χ3n) is 20.7. The van der Waals surface area contributed by atoms with Crippen LogP contribution in [0.3, 0.4) is 0 Å². The van der Waals surface area contributed by atoms with Crippen LogP contribution in [0.15, 0.2) is 247 Å². The Bertz CT molecular complexity index is 5710. The van der Waals surface area contributed by atoms with Gasteiger partial charge in [-0.25, -0.2) is 4.79 Å². The van der Waals surface area contributed by atoms with Gasteiger partial charge in [-0.2, -0.15) is 0 Å². The van der Waals surface area contributed by atoms with Crippen molar-refractivity contribution in [1.29, 1.82) is 0 Å². The normalized spacial score (nSPS) is 16.5. The summed E-state index contributed by atoms with van der Waals surface area (Å²) in [5, 5.41) is 12.7. The predicted molar refractivity (Wildman–Crippen MR) is 416 cm³/mol. The Balaban J connectivity index is 0.000000118. The standard InChI is InChI=1S/C33H26N2O3.C29H24N2O5.C27H21BrN2O3/c36-31(16-11-22-7-3-1-4-8-22)35-18-17-27-26-14-12-24(23-9-5-2-6-10-23)19-28(26)34-32(27)33(35)25-13-15-29-30(20-25)38-21-37-29;1-17-3-2-4-21-22-13-14-31(25(32)12-7-18-5-8-19(9-6-18)29(33)34)28(27(22)30-26(17)21)20-10-11-23-24(15-20)36-16-35-23;28-19-8-9-20-21-12-13-30(25(31)11-6-17-4-2-1-3-5-17)27(26(21)29-22(20)15-19)18-7-10-23-24(14-18)33-16-32-23/h1-16,19-20,33-34H,17-18,21H2;2-12,15,28,30H,13-14,16H2,1H3,(H,33,34);1-11,14-15,27,29H,12-13,16H2/b16-11+;12-7+;11-6+. The van der Waals surface area contributed by atoms with Crippen LogP contribution in [0, 0.1) is 6.92 Å². The van der Waals surface area contributed by atoms with E-state index in [0.717, 1.165) is 113 Å². The first-order valence-electron chi connectivity index (χ1n) is 35.6. The van der Waals surface area contributed by atoms with Crippen molar-refractivity contribution in [1.82, 2.24) is 29.7 Å². The van der Waals surface area contributed by atoms with Crippen LogP contribution in [0.4, 0.5) is 0 Å². The van der Waals surface area contributed by atoms with E-state index in [9.17, 15) is 19.2 Å². The van der Waals surface area contributed by atoms with Gasteiger partial charge in [-0.05, 0) is 178 Å². The molecule has 19 rings (SSSR count). The summed E-state index contributed by atoms with van der Waals surface area (Å²) in [4.78, 5) is 68.4. The number of halogens is 1. The van der Waals surface area contributed by atoms with Crippen molar-refractivity contribution in [3.63, 3.8) is 0 Å². The molecular formula is C89H71BrN6O11. The topological polar surface area (TPSA) is 201 Å². The zero-order chi connectivity index (χ0) is 72.7. The van der Waals surface area contributed by atoms with E-state index >= 15 is 0 Å². The number of carboxylic acids is 1. The van der Waals surface area contributed by atoms with E-state index in [0.29, 0.717) is 42.6 Å². The molecule has 9 heterocycles. The molecule has 10 aromatic carbocycles. The maximum absolute atomic E-state index is 13.6. The van der Waals surface area contributed by atoms with E-state index in [2.05, 4.69) is 117 Å². The number of nitrogens with one attached hydrogen (secondary N) is 3. The number of H-pyrrole nitrogens is 3. The van der Waals surface area contributed by atoms with Crippen molar-refractivity contribution >= 4 is 90.6 Å². The molecule has 107 heavy (non-hydrogen) atoms. The third kappa shape index (κ3) is 13.4. The number of aromatic amines is 3. The van der Waals surface area contributed by atoms with Crippen molar-refractivity contribution in [2.24, 2.45) is 0 Å². The van der Waals surface area contributed by atoms with Gasteiger partial charge in [-0.1, -0.05) is 174 Å². The number of nitrogens with zero attached hydrogens (tertiary/aromatic N) is 3. The van der Waals surface area contributed by atoms with Crippen LogP contribution in [0.25, 0.3) is 62.1 Å². The monoisotopic (exact) mass is 1480 g/mol. The number of aromatic carboxylic acids is 1. The van der Waals surface area contributed by atoms with Crippen LogP contribution < -0.4 is 28.4 Å². The van der Waals surface area contributed by atoms with Crippen LogP contribution >= 0.6 is 15.9 Å². The lowest BCUT2D eigenvalue weighted by Gasteiger charge is -2.35. The molecule has 0 bridgehead atoms. The molecule has 0 fully saturated rings. The molecule has 6 aliphatic heterocycles. The van der Waals surface area contributed by atoms with Gasteiger partial charge >= 0.3 is 5.97 Å². The number of carboxylic acid groups (broad SMARTS) is 1. The first-order valence-corrected chi connectivity index (χ1v) is 36.4. The number of aromatic nitrogens is 3. The molecular weight excluding hydrogens is 1410 g/mol. The summed E-state index contributed by atoms with van der Waals surface area (Å²) in [7, 11) is 0. The number of carbonyl (C=O) groups is 4. The smallest absolute Gasteiger partial charge is 0.335 e. The molecule has 4 N–H and O–H groups in total. The van der Waals surface area contributed by atoms with Crippen LogP contribution in [0.1, 0.15) is 101 Å². The molecule has 3 aromatic heterocycles. The summed E-state index contributed by atoms with van der Waals surface area (Å²) in [5.41, 5.74) is 19.5. The number of carbonyl (C=O) groups excluding carboxylic acids is 3. The Morgan fingerprint density at radius 2 is 0.813 bits per heavy atom. The number of ether oxygens (including phenoxy) is 6. The second kappa shape index (κ2) is 29.0. The number of benzene rings is 10. The van der Waals surface area contributed by atoms with Gasteiger partial charge in [0.25, 0.3) is 0 Å². The lowest BCUT2D eigenvalue weighted by Crippen LogP contribution is -2.39. The molecule has 0 spiro atoms. The summed E-state index contributed by atoms with van der Waals surface area (Å²) < 4.78 is 34.5. The highest BCUT2D eigenvalue weighted by atomic mass is 79.9. The van der Waals surface area contributed by atoms with Gasteiger partial charge in [-0.3, -0.25) is 14.4 Å². The van der Waals surface area contributed by atoms with Gasteiger partial charge in [0.15, 0.2) is 34.5 Å². The van der Waals surface area contributed by atoms with E-state index in [1.54, 1.807) is 36.4 Å². The largest absolute Gasteiger partial charge is 0.478 e. The van der Waals surface area contributed by atoms with Gasteiger partial charge in [-0.15, -0.1) is 0 Å². The first kappa shape index (κ1) is 67.4. The number of rotatable bonds is 11. The average Bonchev–Trinajstić information content (AvgIpc) is 1.62. The van der Waals surface area contributed by atoms with Crippen LogP contribution in [-0.2, 0) is 33.6 Å². The molecule has 3 atom stereocenters. The van der Waals surface area contributed by atoms with E-state index in [4.69, 9.17) is 33.5 Å². The number of hydrogen-bond acceptors (Lipinski definition) is 10. The number of amides is 3. The quantitative estimate of drug-likeness (QED) is 0.0898. The zero-order valence-corrected chi connectivity index (χ0v) is 59.8. The summed E-state index contributed by atoms with van der Waals surface area (Å²) in [6, 6.07) is 72.7. The molecule has 0 radical (unpaired) electrons. The Labute approximate surface area is 624 Å². The van der Waals surface area contributed by atoms with Crippen LogP contribution in [0.2, 0.25) is 0 Å². The number of hydrogen-bond donors (Lipinski definition) is 4. The zero-order valence-electron chi connectivity index (χ0n) is 58.2. The number of para-hydroxylation sites is 1. The summed E-state index contributed by atoms with van der Waals surface area (Å²) in [6.45, 7) is 4.52. The summed E-state index contributed by atoms with van der Waals surface area (Å²) in [6.07, 6.45) is 12.7. The SMILES string of the molecule is Cc1cccc2c3c([nH]c12)C(c1ccc2c(c1)OCO2)N(C(=O)/C=C/c1ccc(C(=O)O)cc1)CC3.O=C(/C=C/c1ccccc1)N1CCc2c([nH]c3cc(-c4ccccc4)ccc23)C1c1ccc2c(c1)OCO2.O=C(/C=C/c1ccccc1)N1CCc2c([nH]c3cc(Br)ccc23)C1c1ccc2c(c1)OCO2. The molecule has 13 aromatic rings. The van der Waals surface area contributed by atoms with Crippen molar-refractivity contribution in [3.05, 3.63) is 325 Å². The van der Waals surface area contributed by atoms with Crippen LogP contribution in [-0.4, -0.2) is 98.5 Å². The van der Waals surface area contributed by atoms with Crippen molar-refractivity contribution in [2.45, 2.75) is 44.3 Å². The molecule has 3 unspecified atom stereocenters. The highest BCUT2D eigenvalue weighted by Gasteiger charge is 2.39. The fourth-order valence-electron chi connectivity index (χ4n) is 15.5. The van der Waals surface area contributed by atoms with Crippen LogP contribution in [0.5, 0.6) is 34.5 Å². The minimum Gasteiger partial charge on any atom is -0.478 e. The molecule has 0 saturated carbocycles. The lowest BCUT2D eigenvalue weighted by atomic mass is 9.91. The lowest BCUT2D eigenvalue weighted by molar-refractivity contribution is -0.128. The van der Waals surface area contributed by atoms with Crippen molar-refractivity contribution in [2.75, 3.05) is 40.0 Å². The van der Waals surface area contributed by atoms with Crippen molar-refractivity contribution in [3.8, 4) is 45.6 Å². The van der Waals surface area contributed by atoms with Gasteiger partial charge in [0.1, 0.15) is 0 Å². The minimum atomic E-state index is -0.981. The molecule has 0 saturated heterocycles. The Kier molecular flexibility index (Phi) is 18.3. The number of aryl methyl sites for hydroxylation is 1. The second-order valence-corrected chi connectivity index (χ2v) is 27.9. The maximum Gasteiger partial charge on any atom is 0.335 e. The predicted octanol–water partition coefficient (Wildman–Crippen LogP) is 17.7.